The molecule has 2 nitrogen and oxygen atoms in total. The van der Waals surface area contributed by atoms with Crippen molar-refractivity contribution < 1.29 is 8.78 Å². The predicted molar refractivity (Wildman–Crippen MR) is 51.2 cm³/mol. The first-order valence-corrected chi connectivity index (χ1v) is 4.63. The molecule has 1 atom stereocenters. The molecule has 2 N–H and O–H groups in total. The Bertz CT molecular complexity index is 387. The second-order valence-corrected chi connectivity index (χ2v) is 3.53. The molecule has 0 amide bonds. The summed E-state index contributed by atoms with van der Waals surface area (Å²) in [4.78, 5) is 0. The first-order valence-electron chi connectivity index (χ1n) is 3.84. The van der Waals surface area contributed by atoms with E-state index in [0.717, 1.165) is 6.07 Å². The fourth-order valence-corrected chi connectivity index (χ4v) is 1.65. The van der Waals surface area contributed by atoms with Gasteiger partial charge in [-0.1, -0.05) is 6.07 Å². The fourth-order valence-electron chi connectivity index (χ4n) is 1.04. The lowest BCUT2D eigenvalue weighted by atomic mass is 10.1. The minimum Gasteiger partial charge on any atom is -0.323 e. The molecule has 14 heavy (non-hydrogen) atoms. The first-order chi connectivity index (χ1) is 6.57. The van der Waals surface area contributed by atoms with Gasteiger partial charge in [0.2, 0.25) is 0 Å². The Kier molecular flexibility index (Phi) is 3.55. The molecule has 0 fully saturated rings. The maximum Gasteiger partial charge on any atom is 0.173 e. The third kappa shape index (κ3) is 2.08. The van der Waals surface area contributed by atoms with Gasteiger partial charge in [-0.25, -0.2) is 8.78 Å². The summed E-state index contributed by atoms with van der Waals surface area (Å²) < 4.78 is 25.7. The minimum atomic E-state index is -0.976. The summed E-state index contributed by atoms with van der Waals surface area (Å²) in [6.45, 7) is 0. The lowest BCUT2D eigenvalue weighted by molar-refractivity contribution is 0.500. The Morgan fingerprint density at radius 1 is 1.50 bits per heavy atom. The molecular formula is C9H7BrF2N2. The van der Waals surface area contributed by atoms with Crippen LogP contribution in [0, 0.1) is 23.0 Å². The maximum atomic E-state index is 13.0. The Balaban J connectivity index is 3.12. The molecule has 5 heteroatoms. The summed E-state index contributed by atoms with van der Waals surface area (Å²) in [5.41, 5.74) is 5.98. The van der Waals surface area contributed by atoms with Crippen molar-refractivity contribution in [1.82, 2.24) is 0 Å². The zero-order valence-electron chi connectivity index (χ0n) is 7.10. The summed E-state index contributed by atoms with van der Waals surface area (Å²) in [7, 11) is 0. The van der Waals surface area contributed by atoms with Gasteiger partial charge in [-0.3, -0.25) is 0 Å². The average molecular weight is 261 g/mol. The van der Waals surface area contributed by atoms with E-state index in [4.69, 9.17) is 11.0 Å². The van der Waals surface area contributed by atoms with Crippen molar-refractivity contribution in [3.63, 3.8) is 0 Å². The van der Waals surface area contributed by atoms with Crippen molar-refractivity contribution in [2.75, 3.05) is 0 Å². The highest BCUT2D eigenvalue weighted by Gasteiger charge is 2.15. The molecule has 74 valence electrons. The van der Waals surface area contributed by atoms with Crippen LogP contribution in [-0.4, -0.2) is 0 Å². The Morgan fingerprint density at radius 2 is 2.14 bits per heavy atom. The lowest BCUT2D eigenvalue weighted by Gasteiger charge is -2.10. The molecule has 0 saturated carbocycles. The lowest BCUT2D eigenvalue weighted by Crippen LogP contribution is -2.11. The number of rotatable bonds is 2. The Labute approximate surface area is 88.5 Å². The van der Waals surface area contributed by atoms with Gasteiger partial charge in [-0.2, -0.15) is 5.26 Å². The van der Waals surface area contributed by atoms with Crippen LogP contribution in [0.1, 0.15) is 18.0 Å². The van der Waals surface area contributed by atoms with Crippen LogP contribution in [0.5, 0.6) is 0 Å². The Morgan fingerprint density at radius 3 is 2.71 bits per heavy atom. The van der Waals surface area contributed by atoms with Crippen molar-refractivity contribution in [2.24, 2.45) is 5.73 Å². The van der Waals surface area contributed by atoms with Crippen molar-refractivity contribution >= 4 is 15.9 Å². The fraction of sp³-hybridized carbons (Fsp3) is 0.222. The highest BCUT2D eigenvalue weighted by molar-refractivity contribution is 9.10. The van der Waals surface area contributed by atoms with Gasteiger partial charge in [0.25, 0.3) is 0 Å². The first kappa shape index (κ1) is 11.1. The van der Waals surface area contributed by atoms with Gasteiger partial charge in [0.05, 0.1) is 17.0 Å². The van der Waals surface area contributed by atoms with Crippen LogP contribution in [-0.2, 0) is 0 Å². The van der Waals surface area contributed by atoms with E-state index in [9.17, 15) is 8.78 Å². The maximum absolute atomic E-state index is 13.0. The molecule has 0 saturated heterocycles. The van der Waals surface area contributed by atoms with Gasteiger partial charge in [0.1, 0.15) is 0 Å². The zero-order chi connectivity index (χ0) is 10.7. The van der Waals surface area contributed by atoms with E-state index >= 15 is 0 Å². The number of hydrogen-bond acceptors (Lipinski definition) is 2. The van der Waals surface area contributed by atoms with Crippen LogP contribution < -0.4 is 5.73 Å². The largest absolute Gasteiger partial charge is 0.323 e. The van der Waals surface area contributed by atoms with E-state index in [0.29, 0.717) is 5.56 Å². The summed E-state index contributed by atoms with van der Waals surface area (Å²) in [5, 5.41) is 8.40. The Hall–Kier alpha value is -0.990. The number of nitrogens with zero attached hydrogens (tertiary/aromatic N) is 1. The molecule has 0 aliphatic carbocycles. The molecule has 1 rings (SSSR count). The summed E-state index contributed by atoms with van der Waals surface area (Å²) >= 11 is 2.90. The van der Waals surface area contributed by atoms with Crippen LogP contribution in [0.4, 0.5) is 8.78 Å². The monoisotopic (exact) mass is 260 g/mol. The van der Waals surface area contributed by atoms with Gasteiger partial charge < -0.3 is 5.73 Å². The predicted octanol–water partition coefficient (Wildman–Crippen LogP) is 2.64. The van der Waals surface area contributed by atoms with Crippen molar-refractivity contribution in [3.05, 3.63) is 33.8 Å². The number of nitrogens with two attached hydrogens (primary N) is 1. The van der Waals surface area contributed by atoms with Crippen LogP contribution in [0.2, 0.25) is 0 Å². The molecule has 0 unspecified atom stereocenters. The number of nitriles is 1. The molecule has 0 bridgehead atoms. The third-order valence-corrected chi connectivity index (χ3v) is 2.58. The third-order valence-electron chi connectivity index (χ3n) is 1.78. The molecule has 1 aromatic rings. The van der Waals surface area contributed by atoms with Gasteiger partial charge in [0, 0.05) is 6.04 Å². The van der Waals surface area contributed by atoms with Crippen LogP contribution >= 0.6 is 15.9 Å². The highest BCUT2D eigenvalue weighted by Crippen LogP contribution is 2.27. The molecule has 0 aromatic heterocycles. The number of hydrogen-bond donors (Lipinski definition) is 1. The second-order valence-electron chi connectivity index (χ2n) is 2.73. The molecule has 0 spiro atoms. The zero-order valence-corrected chi connectivity index (χ0v) is 8.68. The van der Waals surface area contributed by atoms with Gasteiger partial charge in [-0.05, 0) is 27.6 Å². The smallest absolute Gasteiger partial charge is 0.173 e. The van der Waals surface area contributed by atoms with Gasteiger partial charge in [0.15, 0.2) is 11.6 Å². The van der Waals surface area contributed by atoms with E-state index in [1.807, 2.05) is 6.07 Å². The molecule has 0 heterocycles. The molecule has 1 aromatic carbocycles. The highest BCUT2D eigenvalue weighted by atomic mass is 79.9. The SMILES string of the molecule is N#CC[C@@H](N)c1ccc(F)c(F)c1Br. The van der Waals surface area contributed by atoms with E-state index in [-0.39, 0.29) is 10.9 Å². The normalized spacial score (nSPS) is 12.2. The second kappa shape index (κ2) is 4.49. The molecule has 0 aliphatic rings. The molecule has 0 radical (unpaired) electrons. The van der Waals surface area contributed by atoms with Gasteiger partial charge in [-0.15, -0.1) is 0 Å². The van der Waals surface area contributed by atoms with Crippen molar-refractivity contribution in [2.45, 2.75) is 12.5 Å². The topological polar surface area (TPSA) is 49.8 Å². The van der Waals surface area contributed by atoms with Crippen LogP contribution in [0.3, 0.4) is 0 Å². The number of benzene rings is 1. The van der Waals surface area contributed by atoms with E-state index in [2.05, 4.69) is 15.9 Å². The minimum absolute atomic E-state index is 0.0137. The quantitative estimate of drug-likeness (QED) is 0.832. The summed E-state index contributed by atoms with van der Waals surface area (Å²) in [5.74, 6) is -1.92. The summed E-state index contributed by atoms with van der Waals surface area (Å²) in [6, 6.07) is 3.62. The average Bonchev–Trinajstić information content (AvgIpc) is 2.15. The van der Waals surface area contributed by atoms with E-state index < -0.39 is 17.7 Å². The van der Waals surface area contributed by atoms with E-state index in [1.54, 1.807) is 0 Å². The van der Waals surface area contributed by atoms with Crippen LogP contribution in [0.15, 0.2) is 16.6 Å². The molecule has 0 aliphatic heterocycles. The van der Waals surface area contributed by atoms with Crippen molar-refractivity contribution in [3.8, 4) is 6.07 Å². The van der Waals surface area contributed by atoms with E-state index in [1.165, 1.54) is 6.07 Å². The van der Waals surface area contributed by atoms with Crippen LogP contribution in [0.25, 0.3) is 0 Å². The van der Waals surface area contributed by atoms with Gasteiger partial charge >= 0.3 is 0 Å². The number of halogens is 3. The standard InChI is InChI=1S/C9H7BrF2N2/c10-8-5(7(14)3-4-13)1-2-6(11)9(8)12/h1-2,7H,3,14H2/t7-/m1/s1. The summed E-state index contributed by atoms with van der Waals surface area (Å²) in [6.07, 6.45) is 0.0592. The molecular weight excluding hydrogens is 254 g/mol. The van der Waals surface area contributed by atoms with Crippen molar-refractivity contribution in [1.29, 1.82) is 5.26 Å².